The summed E-state index contributed by atoms with van der Waals surface area (Å²) in [5.74, 6) is 0.665. The fraction of sp³-hybridized carbons (Fsp3) is 0.400. The van der Waals surface area contributed by atoms with E-state index in [1.54, 1.807) is 13.3 Å². The van der Waals surface area contributed by atoms with Gasteiger partial charge in [0.2, 0.25) is 0 Å². The normalized spacial score (nSPS) is 10.9. The molecule has 5 nitrogen and oxygen atoms in total. The van der Waals surface area contributed by atoms with Crippen molar-refractivity contribution in [2.75, 3.05) is 20.3 Å². The predicted molar refractivity (Wildman–Crippen MR) is 86.0 cm³/mol. The number of nitrogens with one attached hydrogen (secondary N) is 1. The molecule has 0 saturated carbocycles. The second kappa shape index (κ2) is 7.59. The summed E-state index contributed by atoms with van der Waals surface area (Å²) in [5, 5.41) is 3.32. The first-order valence-corrected chi connectivity index (χ1v) is 7.57. The molecule has 2 rings (SSSR count). The van der Waals surface area contributed by atoms with Gasteiger partial charge in [-0.1, -0.05) is 0 Å². The number of methoxy groups -OCH3 is 1. The fourth-order valence-electron chi connectivity index (χ4n) is 2.01. The van der Waals surface area contributed by atoms with Crippen LogP contribution >= 0.6 is 15.9 Å². The first-order chi connectivity index (χ1) is 10.1. The molecule has 0 radical (unpaired) electrons. The van der Waals surface area contributed by atoms with E-state index < -0.39 is 0 Å². The molecule has 0 unspecified atom stereocenters. The molecule has 2 aromatic rings. The van der Waals surface area contributed by atoms with Crippen molar-refractivity contribution < 1.29 is 4.74 Å². The van der Waals surface area contributed by atoms with E-state index in [0.29, 0.717) is 12.4 Å². The Morgan fingerprint density at radius 3 is 2.48 bits per heavy atom. The number of pyridine rings is 1. The Balaban J connectivity index is 2.18. The first kappa shape index (κ1) is 16.0. The van der Waals surface area contributed by atoms with Crippen LogP contribution in [0.2, 0.25) is 0 Å². The van der Waals surface area contributed by atoms with Crippen molar-refractivity contribution in [3.05, 3.63) is 39.8 Å². The molecular formula is C15H19BrN4O. The van der Waals surface area contributed by atoms with Crippen LogP contribution in [0.4, 0.5) is 0 Å². The summed E-state index contributed by atoms with van der Waals surface area (Å²) in [6.45, 7) is 6.26. The highest BCUT2D eigenvalue weighted by atomic mass is 79.9. The van der Waals surface area contributed by atoms with E-state index in [2.05, 4.69) is 36.2 Å². The van der Waals surface area contributed by atoms with Crippen molar-refractivity contribution in [2.45, 2.75) is 20.4 Å². The molecule has 6 heteroatoms. The van der Waals surface area contributed by atoms with Gasteiger partial charge in [-0.25, -0.2) is 9.97 Å². The van der Waals surface area contributed by atoms with Gasteiger partial charge in [-0.3, -0.25) is 4.98 Å². The highest BCUT2D eigenvalue weighted by Crippen LogP contribution is 2.18. The Bertz CT molecular complexity index is 578. The average molecular weight is 351 g/mol. The summed E-state index contributed by atoms with van der Waals surface area (Å²) in [6, 6.07) is 3.85. The minimum Gasteiger partial charge on any atom is -0.383 e. The molecule has 0 atom stereocenters. The summed E-state index contributed by atoms with van der Waals surface area (Å²) < 4.78 is 5.96. The standard InChI is InChI=1S/C15H19BrN4O/c1-10-13(9-17-6-7-21-3)11(2)20-15(19-10)14-5-4-12(16)8-18-14/h4-5,8,17H,6-7,9H2,1-3H3. The topological polar surface area (TPSA) is 59.9 Å². The molecule has 0 aromatic carbocycles. The molecule has 21 heavy (non-hydrogen) atoms. The van der Waals surface area contributed by atoms with Gasteiger partial charge in [0.25, 0.3) is 0 Å². The van der Waals surface area contributed by atoms with Gasteiger partial charge < -0.3 is 10.1 Å². The van der Waals surface area contributed by atoms with Crippen molar-refractivity contribution in [1.29, 1.82) is 0 Å². The number of nitrogens with zero attached hydrogens (tertiary/aromatic N) is 3. The second-order valence-electron chi connectivity index (χ2n) is 4.73. The maximum atomic E-state index is 5.02. The Morgan fingerprint density at radius 1 is 1.19 bits per heavy atom. The smallest absolute Gasteiger partial charge is 0.178 e. The van der Waals surface area contributed by atoms with E-state index in [0.717, 1.165) is 40.2 Å². The third-order valence-electron chi connectivity index (χ3n) is 3.16. The average Bonchev–Trinajstić information content (AvgIpc) is 2.46. The zero-order valence-electron chi connectivity index (χ0n) is 12.5. The second-order valence-corrected chi connectivity index (χ2v) is 5.64. The molecule has 112 valence electrons. The fourth-order valence-corrected chi connectivity index (χ4v) is 2.24. The van der Waals surface area contributed by atoms with Crippen LogP contribution < -0.4 is 5.32 Å². The molecule has 0 bridgehead atoms. The Morgan fingerprint density at radius 2 is 1.90 bits per heavy atom. The van der Waals surface area contributed by atoms with Crippen LogP contribution in [0.5, 0.6) is 0 Å². The van der Waals surface area contributed by atoms with Crippen molar-refractivity contribution >= 4 is 15.9 Å². The van der Waals surface area contributed by atoms with Gasteiger partial charge in [0.1, 0.15) is 5.69 Å². The molecule has 0 spiro atoms. The summed E-state index contributed by atoms with van der Waals surface area (Å²) >= 11 is 3.38. The SMILES string of the molecule is COCCNCc1c(C)nc(-c2ccc(Br)cn2)nc1C. The van der Waals surface area contributed by atoms with E-state index in [4.69, 9.17) is 4.74 Å². The molecule has 0 aliphatic heterocycles. The molecule has 0 aliphatic rings. The molecule has 0 saturated heterocycles. The molecule has 0 amide bonds. The van der Waals surface area contributed by atoms with Crippen molar-refractivity contribution in [2.24, 2.45) is 0 Å². The lowest BCUT2D eigenvalue weighted by atomic mass is 10.1. The van der Waals surface area contributed by atoms with Crippen molar-refractivity contribution in [3.8, 4) is 11.5 Å². The third kappa shape index (κ3) is 4.30. The van der Waals surface area contributed by atoms with Crippen LogP contribution in [-0.2, 0) is 11.3 Å². The quantitative estimate of drug-likeness (QED) is 0.811. The van der Waals surface area contributed by atoms with Gasteiger partial charge in [-0.15, -0.1) is 0 Å². The Kier molecular flexibility index (Phi) is 5.78. The van der Waals surface area contributed by atoms with Crippen LogP contribution in [0.3, 0.4) is 0 Å². The number of hydrogen-bond acceptors (Lipinski definition) is 5. The van der Waals surface area contributed by atoms with Gasteiger partial charge in [-0.2, -0.15) is 0 Å². The van der Waals surface area contributed by atoms with E-state index in [1.165, 1.54) is 0 Å². The number of rotatable bonds is 6. The summed E-state index contributed by atoms with van der Waals surface area (Å²) in [6.07, 6.45) is 1.75. The maximum absolute atomic E-state index is 5.02. The predicted octanol–water partition coefficient (Wildman–Crippen LogP) is 2.65. The molecule has 1 N–H and O–H groups in total. The number of hydrogen-bond donors (Lipinski definition) is 1. The Labute approximate surface area is 133 Å². The van der Waals surface area contributed by atoms with Gasteiger partial charge in [0.05, 0.1) is 6.61 Å². The van der Waals surface area contributed by atoms with Gasteiger partial charge >= 0.3 is 0 Å². The van der Waals surface area contributed by atoms with Crippen LogP contribution in [0.1, 0.15) is 17.0 Å². The van der Waals surface area contributed by atoms with E-state index in [9.17, 15) is 0 Å². The number of aryl methyl sites for hydroxylation is 2. The van der Waals surface area contributed by atoms with E-state index in [1.807, 2.05) is 26.0 Å². The highest BCUT2D eigenvalue weighted by molar-refractivity contribution is 9.10. The van der Waals surface area contributed by atoms with Crippen LogP contribution in [0, 0.1) is 13.8 Å². The minimum absolute atomic E-state index is 0.665. The highest BCUT2D eigenvalue weighted by Gasteiger charge is 2.10. The maximum Gasteiger partial charge on any atom is 0.178 e. The number of halogens is 1. The van der Waals surface area contributed by atoms with Gasteiger partial charge in [0.15, 0.2) is 5.82 Å². The van der Waals surface area contributed by atoms with Crippen LogP contribution in [-0.4, -0.2) is 35.2 Å². The summed E-state index contributed by atoms with van der Waals surface area (Å²) in [4.78, 5) is 13.5. The lowest BCUT2D eigenvalue weighted by Crippen LogP contribution is -2.20. The van der Waals surface area contributed by atoms with Crippen LogP contribution in [0.25, 0.3) is 11.5 Å². The summed E-state index contributed by atoms with van der Waals surface area (Å²) in [7, 11) is 1.70. The van der Waals surface area contributed by atoms with Crippen LogP contribution in [0.15, 0.2) is 22.8 Å². The van der Waals surface area contributed by atoms with Crippen molar-refractivity contribution in [1.82, 2.24) is 20.3 Å². The van der Waals surface area contributed by atoms with Gasteiger partial charge in [0, 0.05) is 47.8 Å². The minimum atomic E-state index is 0.665. The number of ether oxygens (including phenoxy) is 1. The number of aromatic nitrogens is 3. The zero-order valence-corrected chi connectivity index (χ0v) is 14.1. The van der Waals surface area contributed by atoms with E-state index in [-0.39, 0.29) is 0 Å². The monoisotopic (exact) mass is 350 g/mol. The van der Waals surface area contributed by atoms with E-state index >= 15 is 0 Å². The lowest BCUT2D eigenvalue weighted by Gasteiger charge is -2.11. The molecule has 0 fully saturated rings. The van der Waals surface area contributed by atoms with Crippen molar-refractivity contribution in [3.63, 3.8) is 0 Å². The summed E-state index contributed by atoms with van der Waals surface area (Å²) in [5.41, 5.74) is 3.87. The van der Waals surface area contributed by atoms with Gasteiger partial charge in [-0.05, 0) is 41.9 Å². The molecule has 2 aromatic heterocycles. The molecular weight excluding hydrogens is 332 g/mol. The lowest BCUT2D eigenvalue weighted by molar-refractivity contribution is 0.199. The first-order valence-electron chi connectivity index (χ1n) is 6.77. The molecule has 2 heterocycles. The molecule has 0 aliphatic carbocycles. The Hall–Kier alpha value is -1.37. The zero-order chi connectivity index (χ0) is 15.2. The largest absolute Gasteiger partial charge is 0.383 e. The third-order valence-corrected chi connectivity index (χ3v) is 3.63.